The highest BCUT2D eigenvalue weighted by atomic mass is 127. The molecular formula is C35H34FIN2O6S. The van der Waals surface area contributed by atoms with Crippen LogP contribution in [-0.2, 0) is 16.1 Å². The number of ether oxygens (including phenoxy) is 4. The maximum absolute atomic E-state index is 14.2. The molecule has 0 spiro atoms. The second-order valence-electron chi connectivity index (χ2n) is 10.6. The van der Waals surface area contributed by atoms with Gasteiger partial charge in [-0.3, -0.25) is 9.36 Å². The number of carbonyl (C=O) groups is 1. The maximum atomic E-state index is 14.2. The van der Waals surface area contributed by atoms with Gasteiger partial charge in [0.2, 0.25) is 0 Å². The van der Waals surface area contributed by atoms with Crippen LogP contribution in [0, 0.1) is 9.39 Å². The standard InChI is InChI=1S/C35H34FIN2O6S/c1-6-42-28-17-22(16-26(37)32(28)44-19-23-12-8-10-14-25(23)36)18-29-33(40)39-31(24-13-9-11-15-27(24)45-20(3)4)30(34(41)43-7-2)21(5)38-35(39)46-29/h8-18,20,31H,6-7,19H2,1-5H3/b29-18+/t31-/m1/s1. The molecule has 0 N–H and O–H groups in total. The fourth-order valence-electron chi connectivity index (χ4n) is 5.14. The molecule has 1 aromatic heterocycles. The van der Waals surface area contributed by atoms with Crippen LogP contribution in [0.5, 0.6) is 17.2 Å². The molecule has 0 aliphatic carbocycles. The Morgan fingerprint density at radius 3 is 2.52 bits per heavy atom. The molecule has 0 unspecified atom stereocenters. The summed E-state index contributed by atoms with van der Waals surface area (Å²) < 4.78 is 40.4. The van der Waals surface area contributed by atoms with Crippen LogP contribution in [0.4, 0.5) is 4.39 Å². The number of para-hydroxylation sites is 1. The Kier molecular flexibility index (Phi) is 10.6. The van der Waals surface area contributed by atoms with E-state index in [1.165, 1.54) is 17.4 Å². The average Bonchev–Trinajstić information content (AvgIpc) is 3.31. The first-order chi connectivity index (χ1) is 22.1. The van der Waals surface area contributed by atoms with Crippen molar-refractivity contribution in [1.29, 1.82) is 0 Å². The number of hydrogen-bond donors (Lipinski definition) is 0. The van der Waals surface area contributed by atoms with Crippen LogP contribution in [0.3, 0.4) is 0 Å². The van der Waals surface area contributed by atoms with E-state index in [2.05, 4.69) is 27.6 Å². The molecular weight excluding hydrogens is 722 g/mol. The first-order valence-electron chi connectivity index (χ1n) is 14.9. The summed E-state index contributed by atoms with van der Waals surface area (Å²) >= 11 is 3.37. The van der Waals surface area contributed by atoms with Crippen LogP contribution in [-0.4, -0.2) is 29.9 Å². The highest BCUT2D eigenvalue weighted by molar-refractivity contribution is 14.1. The van der Waals surface area contributed by atoms with E-state index in [4.69, 9.17) is 18.9 Å². The molecule has 8 nitrogen and oxygen atoms in total. The van der Waals surface area contributed by atoms with Crippen molar-refractivity contribution < 1.29 is 28.1 Å². The molecule has 11 heteroatoms. The number of benzene rings is 3. The van der Waals surface area contributed by atoms with Crippen molar-refractivity contribution >= 4 is 46.0 Å². The molecule has 0 fully saturated rings. The van der Waals surface area contributed by atoms with Gasteiger partial charge in [-0.05, 0) is 93.1 Å². The third-order valence-electron chi connectivity index (χ3n) is 7.05. The Labute approximate surface area is 283 Å². The number of rotatable bonds is 11. The van der Waals surface area contributed by atoms with Crippen LogP contribution in [0.2, 0.25) is 0 Å². The van der Waals surface area contributed by atoms with Crippen molar-refractivity contribution in [1.82, 2.24) is 4.57 Å². The van der Waals surface area contributed by atoms with Gasteiger partial charge in [0.05, 0.1) is 38.7 Å². The molecule has 46 heavy (non-hydrogen) atoms. The molecule has 1 aliphatic rings. The van der Waals surface area contributed by atoms with Gasteiger partial charge in [0, 0.05) is 11.1 Å². The van der Waals surface area contributed by atoms with Crippen LogP contribution >= 0.6 is 33.9 Å². The molecule has 0 saturated carbocycles. The van der Waals surface area contributed by atoms with Gasteiger partial charge in [0.25, 0.3) is 5.56 Å². The van der Waals surface area contributed by atoms with Crippen LogP contribution in [0.15, 0.2) is 81.7 Å². The molecule has 240 valence electrons. The smallest absolute Gasteiger partial charge is 0.338 e. The number of fused-ring (bicyclic) bond motifs is 1. The van der Waals surface area contributed by atoms with Gasteiger partial charge >= 0.3 is 5.97 Å². The molecule has 5 rings (SSSR count). The molecule has 4 aromatic rings. The zero-order chi connectivity index (χ0) is 33.0. The number of allylic oxidation sites excluding steroid dienone is 1. The minimum Gasteiger partial charge on any atom is -0.491 e. The number of nitrogens with zero attached hydrogens (tertiary/aromatic N) is 2. The normalized spacial score (nSPS) is 14.6. The van der Waals surface area contributed by atoms with Gasteiger partial charge in [0.15, 0.2) is 16.3 Å². The van der Waals surface area contributed by atoms with Gasteiger partial charge < -0.3 is 18.9 Å². The SMILES string of the molecule is CCOC(=O)C1=C(C)N=c2s/c(=C/c3cc(I)c(OCc4ccccc4F)c(OCC)c3)c(=O)n2[C@@H]1c1ccccc1OC(C)C. The molecule has 0 amide bonds. The van der Waals surface area contributed by atoms with Gasteiger partial charge in [-0.15, -0.1) is 0 Å². The monoisotopic (exact) mass is 756 g/mol. The number of esters is 1. The Balaban J connectivity index is 1.62. The van der Waals surface area contributed by atoms with Crippen molar-refractivity contribution in [3.63, 3.8) is 0 Å². The van der Waals surface area contributed by atoms with Gasteiger partial charge in [-0.2, -0.15) is 0 Å². The Morgan fingerprint density at radius 1 is 1.07 bits per heavy atom. The van der Waals surface area contributed by atoms with E-state index in [1.807, 2.05) is 51.1 Å². The lowest BCUT2D eigenvalue weighted by Crippen LogP contribution is -2.40. The highest BCUT2D eigenvalue weighted by Crippen LogP contribution is 2.37. The summed E-state index contributed by atoms with van der Waals surface area (Å²) in [5.74, 6) is 0.642. The number of thiazole rings is 1. The van der Waals surface area contributed by atoms with Gasteiger partial charge in [-0.1, -0.05) is 47.7 Å². The van der Waals surface area contributed by atoms with Gasteiger partial charge in [0.1, 0.15) is 24.2 Å². The minimum atomic E-state index is -0.805. The summed E-state index contributed by atoms with van der Waals surface area (Å²) in [7, 11) is 0. The third kappa shape index (κ3) is 7.05. The molecule has 2 heterocycles. The molecule has 0 bridgehead atoms. The number of hydrogen-bond acceptors (Lipinski definition) is 8. The topological polar surface area (TPSA) is 88.4 Å². The van der Waals surface area contributed by atoms with Crippen molar-refractivity contribution in [2.24, 2.45) is 4.99 Å². The lowest BCUT2D eigenvalue weighted by atomic mass is 9.95. The summed E-state index contributed by atoms with van der Waals surface area (Å²) in [5, 5.41) is 0. The summed E-state index contributed by atoms with van der Waals surface area (Å²) in [4.78, 5) is 32.7. The first kappa shape index (κ1) is 33.4. The lowest BCUT2D eigenvalue weighted by Gasteiger charge is -2.26. The van der Waals surface area contributed by atoms with E-state index in [9.17, 15) is 14.0 Å². The van der Waals surface area contributed by atoms with E-state index in [1.54, 1.807) is 48.8 Å². The van der Waals surface area contributed by atoms with Crippen molar-refractivity contribution in [2.75, 3.05) is 13.2 Å². The Bertz CT molecular complexity index is 1980. The summed E-state index contributed by atoms with van der Waals surface area (Å²) in [6, 6.07) is 16.7. The summed E-state index contributed by atoms with van der Waals surface area (Å²) in [6.45, 7) is 9.78. The Morgan fingerprint density at radius 2 is 1.80 bits per heavy atom. The van der Waals surface area contributed by atoms with Gasteiger partial charge in [-0.25, -0.2) is 14.2 Å². The quantitative estimate of drug-likeness (QED) is 0.132. The molecule has 0 radical (unpaired) electrons. The zero-order valence-corrected chi connectivity index (χ0v) is 29.1. The Hall–Kier alpha value is -3.97. The lowest BCUT2D eigenvalue weighted by molar-refractivity contribution is -0.139. The second kappa shape index (κ2) is 14.6. The third-order valence-corrected chi connectivity index (χ3v) is 8.84. The van der Waals surface area contributed by atoms with Crippen molar-refractivity contribution in [3.8, 4) is 17.2 Å². The van der Waals surface area contributed by atoms with Crippen molar-refractivity contribution in [3.05, 3.63) is 118 Å². The molecule has 3 aromatic carbocycles. The van der Waals surface area contributed by atoms with Crippen LogP contribution < -0.4 is 29.1 Å². The largest absolute Gasteiger partial charge is 0.491 e. The van der Waals surface area contributed by atoms with Crippen LogP contribution in [0.25, 0.3) is 6.08 Å². The van der Waals surface area contributed by atoms with E-state index >= 15 is 0 Å². The second-order valence-corrected chi connectivity index (χ2v) is 12.8. The number of halogens is 2. The average molecular weight is 757 g/mol. The molecule has 1 aliphatic heterocycles. The fraction of sp³-hybridized carbons (Fsp3) is 0.286. The predicted molar refractivity (Wildman–Crippen MR) is 184 cm³/mol. The minimum absolute atomic E-state index is 0.0326. The maximum Gasteiger partial charge on any atom is 0.338 e. The molecule has 1 atom stereocenters. The first-order valence-corrected chi connectivity index (χ1v) is 16.8. The van der Waals surface area contributed by atoms with E-state index in [-0.39, 0.29) is 36.3 Å². The number of carbonyl (C=O) groups excluding carboxylic acids is 1. The van der Waals surface area contributed by atoms with Crippen LogP contribution in [0.1, 0.15) is 57.4 Å². The van der Waals surface area contributed by atoms with E-state index in [0.717, 1.165) is 3.57 Å². The predicted octanol–water partition coefficient (Wildman–Crippen LogP) is 6.31. The van der Waals surface area contributed by atoms with E-state index in [0.29, 0.717) is 55.6 Å². The fourth-order valence-corrected chi connectivity index (χ4v) is 6.97. The summed E-state index contributed by atoms with van der Waals surface area (Å²) in [5.41, 5.74) is 2.24. The molecule has 0 saturated heterocycles. The van der Waals surface area contributed by atoms with E-state index < -0.39 is 12.0 Å². The summed E-state index contributed by atoms with van der Waals surface area (Å²) in [6.07, 6.45) is 1.64. The zero-order valence-electron chi connectivity index (χ0n) is 26.1. The van der Waals surface area contributed by atoms with Crippen molar-refractivity contribution in [2.45, 2.75) is 53.4 Å². The highest BCUT2D eigenvalue weighted by Gasteiger charge is 2.35. The number of aromatic nitrogens is 1.